The van der Waals surface area contributed by atoms with E-state index in [0.717, 1.165) is 18.7 Å². The topological polar surface area (TPSA) is 64.2 Å². The van der Waals surface area contributed by atoms with Crippen molar-refractivity contribution in [3.63, 3.8) is 0 Å². The SMILES string of the molecule is C[C@H](Sc1nnc(-c2ccco2)n1-c1ccccc1)C(=O)N1CCc2ccccc2C1. The van der Waals surface area contributed by atoms with E-state index in [1.807, 2.05) is 64.9 Å². The van der Waals surface area contributed by atoms with Gasteiger partial charge >= 0.3 is 0 Å². The minimum atomic E-state index is -0.290. The molecule has 0 radical (unpaired) electrons. The molecular formula is C24H22N4O2S. The highest BCUT2D eigenvalue weighted by Gasteiger charge is 2.28. The van der Waals surface area contributed by atoms with Gasteiger partial charge in [0, 0.05) is 18.8 Å². The Bertz CT molecular complexity index is 1190. The molecule has 0 N–H and O–H groups in total. The molecule has 6 nitrogen and oxygen atoms in total. The normalized spacial score (nSPS) is 14.3. The van der Waals surface area contributed by atoms with Gasteiger partial charge in [-0.05, 0) is 48.7 Å². The van der Waals surface area contributed by atoms with Crippen molar-refractivity contribution in [1.82, 2.24) is 19.7 Å². The zero-order valence-corrected chi connectivity index (χ0v) is 18.0. The first kappa shape index (κ1) is 19.6. The molecule has 5 rings (SSSR count). The molecule has 1 aliphatic rings. The summed E-state index contributed by atoms with van der Waals surface area (Å²) >= 11 is 1.42. The number of carbonyl (C=O) groups is 1. The first-order valence-corrected chi connectivity index (χ1v) is 11.2. The van der Waals surface area contributed by atoms with Gasteiger partial charge < -0.3 is 9.32 Å². The van der Waals surface area contributed by atoms with Gasteiger partial charge in [-0.3, -0.25) is 9.36 Å². The standard InChI is InChI=1S/C24H22N4O2S/c1-17(23(29)27-14-13-18-8-5-6-9-19(18)16-27)31-24-26-25-22(21-12-7-15-30-21)28(24)20-10-3-2-4-11-20/h2-12,15,17H,13-14,16H2,1H3/t17-/m0/s1. The number of benzene rings is 2. The number of fused-ring (bicyclic) bond motifs is 1. The third-order valence-electron chi connectivity index (χ3n) is 5.46. The third-order valence-corrected chi connectivity index (χ3v) is 6.49. The van der Waals surface area contributed by atoms with Crippen LogP contribution in [0.25, 0.3) is 17.3 Å². The number of furan rings is 1. The van der Waals surface area contributed by atoms with Crippen LogP contribution in [0.15, 0.2) is 82.6 Å². The molecule has 1 amide bonds. The molecule has 31 heavy (non-hydrogen) atoms. The number of rotatable bonds is 5. The largest absolute Gasteiger partial charge is 0.461 e. The summed E-state index contributed by atoms with van der Waals surface area (Å²) in [5.74, 6) is 1.36. The van der Waals surface area contributed by atoms with Crippen molar-refractivity contribution in [3.8, 4) is 17.3 Å². The number of thioether (sulfide) groups is 1. The van der Waals surface area contributed by atoms with Crippen LogP contribution < -0.4 is 0 Å². The smallest absolute Gasteiger partial charge is 0.236 e. The lowest BCUT2D eigenvalue weighted by atomic mass is 10.00. The fourth-order valence-corrected chi connectivity index (χ4v) is 4.82. The lowest BCUT2D eigenvalue weighted by molar-refractivity contribution is -0.131. The maximum Gasteiger partial charge on any atom is 0.236 e. The molecule has 0 saturated carbocycles. The molecule has 3 heterocycles. The van der Waals surface area contributed by atoms with Crippen LogP contribution >= 0.6 is 11.8 Å². The van der Waals surface area contributed by atoms with Crippen molar-refractivity contribution < 1.29 is 9.21 Å². The van der Waals surface area contributed by atoms with Gasteiger partial charge in [0.05, 0.1) is 11.5 Å². The number of carbonyl (C=O) groups excluding carboxylic acids is 1. The Morgan fingerprint density at radius 1 is 1.00 bits per heavy atom. The zero-order valence-electron chi connectivity index (χ0n) is 17.1. The van der Waals surface area contributed by atoms with Crippen LogP contribution in [0.4, 0.5) is 0 Å². The van der Waals surface area contributed by atoms with E-state index in [2.05, 4.69) is 28.4 Å². The molecule has 2 aromatic carbocycles. The fraction of sp³-hybridized carbons (Fsp3) is 0.208. The average molecular weight is 431 g/mol. The second-order valence-electron chi connectivity index (χ2n) is 7.49. The van der Waals surface area contributed by atoms with Gasteiger partial charge in [-0.2, -0.15) is 0 Å². The van der Waals surface area contributed by atoms with Crippen molar-refractivity contribution in [3.05, 3.63) is 84.1 Å². The van der Waals surface area contributed by atoms with Gasteiger partial charge in [-0.25, -0.2) is 0 Å². The highest BCUT2D eigenvalue weighted by Crippen LogP contribution is 2.31. The summed E-state index contributed by atoms with van der Waals surface area (Å²) < 4.78 is 7.51. The van der Waals surface area contributed by atoms with E-state index >= 15 is 0 Å². The summed E-state index contributed by atoms with van der Waals surface area (Å²) in [4.78, 5) is 15.2. The molecule has 156 valence electrons. The van der Waals surface area contributed by atoms with Crippen LogP contribution in [-0.2, 0) is 17.8 Å². The second kappa shape index (κ2) is 8.43. The van der Waals surface area contributed by atoms with E-state index < -0.39 is 0 Å². The van der Waals surface area contributed by atoms with E-state index in [1.54, 1.807) is 6.26 Å². The van der Waals surface area contributed by atoms with Gasteiger partial charge in [0.2, 0.25) is 11.7 Å². The van der Waals surface area contributed by atoms with Gasteiger partial charge in [-0.1, -0.05) is 54.2 Å². The van der Waals surface area contributed by atoms with Crippen LogP contribution in [0.1, 0.15) is 18.1 Å². The minimum Gasteiger partial charge on any atom is -0.461 e. The Hall–Kier alpha value is -3.32. The number of nitrogens with zero attached hydrogens (tertiary/aromatic N) is 4. The van der Waals surface area contributed by atoms with Gasteiger partial charge in [0.1, 0.15) is 0 Å². The Labute approximate surface area is 184 Å². The zero-order chi connectivity index (χ0) is 21.2. The molecule has 0 aliphatic carbocycles. The van der Waals surface area contributed by atoms with E-state index in [1.165, 1.54) is 22.9 Å². The molecule has 1 atom stereocenters. The fourth-order valence-electron chi connectivity index (χ4n) is 3.87. The molecule has 7 heteroatoms. The predicted octanol–water partition coefficient (Wildman–Crippen LogP) is 4.59. The lowest BCUT2D eigenvalue weighted by Gasteiger charge is -2.30. The molecular weight excluding hydrogens is 408 g/mol. The van der Waals surface area contributed by atoms with Crippen molar-refractivity contribution in [2.75, 3.05) is 6.54 Å². The van der Waals surface area contributed by atoms with Crippen molar-refractivity contribution >= 4 is 17.7 Å². The Balaban J connectivity index is 1.40. The first-order chi connectivity index (χ1) is 15.2. The highest BCUT2D eigenvalue weighted by atomic mass is 32.2. The van der Waals surface area contributed by atoms with Gasteiger partial charge in [0.15, 0.2) is 10.9 Å². The summed E-state index contributed by atoms with van der Waals surface area (Å²) in [6, 6.07) is 21.9. The quantitative estimate of drug-likeness (QED) is 0.433. The molecule has 2 aromatic heterocycles. The average Bonchev–Trinajstić information content (AvgIpc) is 3.49. The van der Waals surface area contributed by atoms with Crippen LogP contribution in [0.5, 0.6) is 0 Å². The van der Waals surface area contributed by atoms with Crippen molar-refractivity contribution in [2.24, 2.45) is 0 Å². The molecule has 0 spiro atoms. The Morgan fingerprint density at radius 2 is 1.77 bits per heavy atom. The maximum absolute atomic E-state index is 13.2. The number of hydrogen-bond acceptors (Lipinski definition) is 5. The molecule has 4 aromatic rings. The number of hydrogen-bond donors (Lipinski definition) is 0. The van der Waals surface area contributed by atoms with E-state index in [9.17, 15) is 4.79 Å². The van der Waals surface area contributed by atoms with E-state index in [4.69, 9.17) is 4.42 Å². The summed E-state index contributed by atoms with van der Waals surface area (Å²) in [6.07, 6.45) is 2.51. The summed E-state index contributed by atoms with van der Waals surface area (Å²) in [5, 5.41) is 9.13. The van der Waals surface area contributed by atoms with Crippen LogP contribution in [0.2, 0.25) is 0 Å². The second-order valence-corrected chi connectivity index (χ2v) is 8.80. The number of aromatic nitrogens is 3. The summed E-state index contributed by atoms with van der Waals surface area (Å²) in [7, 11) is 0. The van der Waals surface area contributed by atoms with E-state index in [-0.39, 0.29) is 11.2 Å². The number of amides is 1. The highest BCUT2D eigenvalue weighted by molar-refractivity contribution is 8.00. The Kier molecular flexibility index (Phi) is 5.34. The van der Waals surface area contributed by atoms with Crippen molar-refractivity contribution in [1.29, 1.82) is 0 Å². The Morgan fingerprint density at radius 3 is 2.55 bits per heavy atom. The van der Waals surface area contributed by atoms with Crippen LogP contribution in [-0.4, -0.2) is 37.4 Å². The lowest BCUT2D eigenvalue weighted by Crippen LogP contribution is -2.40. The minimum absolute atomic E-state index is 0.113. The number of para-hydroxylation sites is 1. The monoisotopic (exact) mass is 430 g/mol. The van der Waals surface area contributed by atoms with Crippen LogP contribution in [0, 0.1) is 0 Å². The summed E-state index contributed by atoms with van der Waals surface area (Å²) in [6.45, 7) is 3.33. The van der Waals surface area contributed by atoms with E-state index in [0.29, 0.717) is 23.3 Å². The summed E-state index contributed by atoms with van der Waals surface area (Å²) in [5.41, 5.74) is 3.48. The molecule has 0 saturated heterocycles. The molecule has 1 aliphatic heterocycles. The molecule has 0 unspecified atom stereocenters. The van der Waals surface area contributed by atoms with Gasteiger partial charge in [0.25, 0.3) is 0 Å². The van der Waals surface area contributed by atoms with Crippen LogP contribution in [0.3, 0.4) is 0 Å². The molecule has 0 bridgehead atoms. The molecule has 0 fully saturated rings. The maximum atomic E-state index is 13.2. The third kappa shape index (κ3) is 3.88. The van der Waals surface area contributed by atoms with Gasteiger partial charge in [-0.15, -0.1) is 10.2 Å². The first-order valence-electron chi connectivity index (χ1n) is 10.3. The van der Waals surface area contributed by atoms with Crippen molar-refractivity contribution in [2.45, 2.75) is 30.3 Å². The predicted molar refractivity (Wildman–Crippen MR) is 120 cm³/mol.